The van der Waals surface area contributed by atoms with E-state index in [4.69, 9.17) is 0 Å². The second-order valence-electron chi connectivity index (χ2n) is 8.00. The van der Waals surface area contributed by atoms with Crippen LogP contribution in [-0.2, 0) is 10.0 Å². The number of fused-ring (bicyclic) bond motifs is 3. The van der Waals surface area contributed by atoms with E-state index in [2.05, 4.69) is 10.3 Å². The van der Waals surface area contributed by atoms with Crippen molar-refractivity contribution >= 4 is 32.4 Å². The fraction of sp³-hybridized carbons (Fsp3) is 0.350. The van der Waals surface area contributed by atoms with Crippen molar-refractivity contribution in [2.45, 2.75) is 36.3 Å². The Kier molecular flexibility index (Phi) is 4.30. The van der Waals surface area contributed by atoms with Gasteiger partial charge in [-0.3, -0.25) is 10.1 Å². The Morgan fingerprint density at radius 1 is 1.17 bits per heavy atom. The van der Waals surface area contributed by atoms with Crippen molar-refractivity contribution in [3.63, 3.8) is 0 Å². The van der Waals surface area contributed by atoms with Crippen molar-refractivity contribution in [1.82, 2.24) is 8.96 Å². The molecule has 2 aromatic heterocycles. The zero-order chi connectivity index (χ0) is 21.0. The predicted molar refractivity (Wildman–Crippen MR) is 110 cm³/mol. The molecule has 0 unspecified atom stereocenters. The molecule has 1 aromatic carbocycles. The number of nitrogens with one attached hydrogen (secondary N) is 1. The van der Waals surface area contributed by atoms with Crippen molar-refractivity contribution < 1.29 is 18.4 Å². The highest BCUT2D eigenvalue weighted by Crippen LogP contribution is 2.47. The fourth-order valence-electron chi connectivity index (χ4n) is 4.91. The van der Waals surface area contributed by atoms with Gasteiger partial charge in [0.05, 0.1) is 21.3 Å². The van der Waals surface area contributed by atoms with Crippen LogP contribution in [-0.4, -0.2) is 39.5 Å². The maximum Gasteiger partial charge on any atom is 0.311 e. The van der Waals surface area contributed by atoms with E-state index in [9.17, 15) is 23.6 Å². The van der Waals surface area contributed by atoms with E-state index < -0.39 is 21.1 Å². The van der Waals surface area contributed by atoms with Gasteiger partial charge < -0.3 is 10.4 Å². The second kappa shape index (κ2) is 6.78. The summed E-state index contributed by atoms with van der Waals surface area (Å²) in [6.07, 6.45) is 4.52. The lowest BCUT2D eigenvalue weighted by atomic mass is 9.92. The van der Waals surface area contributed by atoms with Gasteiger partial charge in [-0.25, -0.2) is 17.4 Å². The third kappa shape index (κ3) is 2.86. The summed E-state index contributed by atoms with van der Waals surface area (Å²) in [5.41, 5.74) is 0.155. The number of pyridine rings is 1. The first kappa shape index (κ1) is 19.0. The molecule has 2 fully saturated rings. The van der Waals surface area contributed by atoms with Crippen LogP contribution in [0.4, 0.5) is 11.4 Å². The molecule has 0 radical (unpaired) electrons. The topological polar surface area (TPSA) is 127 Å². The summed E-state index contributed by atoms with van der Waals surface area (Å²) in [7, 11) is -3.90. The third-order valence-corrected chi connectivity index (χ3v) is 7.95. The quantitative estimate of drug-likeness (QED) is 0.472. The number of aliphatic hydroxyl groups excluding tert-OH is 1. The van der Waals surface area contributed by atoms with Gasteiger partial charge in [0.25, 0.3) is 10.0 Å². The summed E-state index contributed by atoms with van der Waals surface area (Å²) in [5, 5.41) is 25.5. The summed E-state index contributed by atoms with van der Waals surface area (Å²) in [4.78, 5) is 15.3. The molecule has 2 aliphatic carbocycles. The predicted octanol–water partition coefficient (Wildman–Crippen LogP) is 2.75. The number of hydrogen-bond acceptors (Lipinski definition) is 7. The maximum atomic E-state index is 13.1. The number of benzene rings is 1. The van der Waals surface area contributed by atoms with Crippen molar-refractivity contribution in [2.75, 3.05) is 5.32 Å². The summed E-state index contributed by atoms with van der Waals surface area (Å²) in [6.45, 7) is 0. The van der Waals surface area contributed by atoms with E-state index in [0.717, 1.165) is 29.4 Å². The van der Waals surface area contributed by atoms with E-state index >= 15 is 0 Å². The van der Waals surface area contributed by atoms with Gasteiger partial charge in [0, 0.05) is 18.2 Å². The lowest BCUT2D eigenvalue weighted by Crippen LogP contribution is -2.34. The van der Waals surface area contributed by atoms with Crippen LogP contribution in [0.1, 0.15) is 19.3 Å². The lowest BCUT2D eigenvalue weighted by Gasteiger charge is -2.27. The van der Waals surface area contributed by atoms with E-state index in [1.165, 1.54) is 24.4 Å². The van der Waals surface area contributed by atoms with Crippen LogP contribution < -0.4 is 5.32 Å². The highest BCUT2D eigenvalue weighted by Gasteiger charge is 2.46. The van der Waals surface area contributed by atoms with Crippen LogP contribution in [0.15, 0.2) is 53.7 Å². The zero-order valence-electron chi connectivity index (χ0n) is 15.9. The molecule has 156 valence electrons. The van der Waals surface area contributed by atoms with Gasteiger partial charge in [0.15, 0.2) is 5.65 Å². The van der Waals surface area contributed by atoms with Crippen LogP contribution in [0.25, 0.3) is 11.0 Å². The smallest absolute Gasteiger partial charge is 0.311 e. The van der Waals surface area contributed by atoms with Crippen molar-refractivity contribution in [3.8, 4) is 0 Å². The number of aromatic nitrogens is 2. The highest BCUT2D eigenvalue weighted by atomic mass is 32.2. The molecular weight excluding hydrogens is 408 g/mol. The van der Waals surface area contributed by atoms with Gasteiger partial charge in [-0.2, -0.15) is 0 Å². The number of rotatable bonds is 5. The monoisotopic (exact) mass is 428 g/mol. The average Bonchev–Trinajstić information content (AvgIpc) is 3.42. The lowest BCUT2D eigenvalue weighted by molar-refractivity contribution is -0.384. The number of nitro groups is 1. The molecule has 4 atom stereocenters. The molecule has 2 saturated carbocycles. The van der Waals surface area contributed by atoms with Gasteiger partial charge in [-0.05, 0) is 43.4 Å². The molecule has 2 bridgehead atoms. The first-order chi connectivity index (χ1) is 14.4. The van der Waals surface area contributed by atoms with E-state index in [-0.39, 0.29) is 33.9 Å². The standard InChI is InChI=1S/C20H20N4O5S/c25-18-10-12-8-15(18)16(9-12)22-19-14-6-7-23(20(14)21-11-17(19)24(26)27)30(28,29)13-4-2-1-3-5-13/h1-7,11-12,15-16,18,25H,8-10H2,(H,21,22)/t12-,15+,16+,18-/m0/s1. The number of nitrogens with zero attached hydrogens (tertiary/aromatic N) is 3. The van der Waals surface area contributed by atoms with Crippen molar-refractivity contribution in [1.29, 1.82) is 0 Å². The molecule has 0 aliphatic heterocycles. The van der Waals surface area contributed by atoms with Crippen LogP contribution >= 0.6 is 0 Å². The Morgan fingerprint density at radius 3 is 2.60 bits per heavy atom. The molecule has 30 heavy (non-hydrogen) atoms. The SMILES string of the molecule is O=[N+]([O-])c1cnc2c(ccn2S(=O)(=O)c2ccccc2)c1N[C@@H]1C[C@@H]2C[C@H]1[C@@H](O)C2. The van der Waals surface area contributed by atoms with Crippen LogP contribution in [0, 0.1) is 22.0 Å². The summed E-state index contributed by atoms with van der Waals surface area (Å²) in [5.74, 6) is 0.440. The number of hydrogen-bond donors (Lipinski definition) is 2. The first-order valence-electron chi connectivity index (χ1n) is 9.76. The second-order valence-corrected chi connectivity index (χ2v) is 9.81. The van der Waals surface area contributed by atoms with Crippen molar-refractivity contribution in [2.24, 2.45) is 11.8 Å². The largest absolute Gasteiger partial charge is 0.393 e. The minimum Gasteiger partial charge on any atom is -0.393 e. The molecule has 5 rings (SSSR count). The molecule has 0 saturated heterocycles. The Labute approximate surface area is 172 Å². The van der Waals surface area contributed by atoms with Gasteiger partial charge in [0.2, 0.25) is 0 Å². The Hall–Kier alpha value is -2.98. The van der Waals surface area contributed by atoms with E-state index in [0.29, 0.717) is 11.3 Å². The zero-order valence-corrected chi connectivity index (χ0v) is 16.7. The van der Waals surface area contributed by atoms with Gasteiger partial charge in [-0.15, -0.1) is 0 Å². The molecular formula is C20H20N4O5S. The minimum atomic E-state index is -3.90. The average molecular weight is 428 g/mol. The molecule has 2 N–H and O–H groups in total. The van der Waals surface area contributed by atoms with Crippen LogP contribution in [0.5, 0.6) is 0 Å². The highest BCUT2D eigenvalue weighted by molar-refractivity contribution is 7.90. The van der Waals surface area contributed by atoms with Gasteiger partial charge in [0.1, 0.15) is 11.9 Å². The molecule has 10 heteroatoms. The van der Waals surface area contributed by atoms with Gasteiger partial charge >= 0.3 is 5.69 Å². The van der Waals surface area contributed by atoms with Crippen molar-refractivity contribution in [3.05, 3.63) is 58.9 Å². The molecule has 3 aromatic rings. The van der Waals surface area contributed by atoms with Gasteiger partial charge in [-0.1, -0.05) is 18.2 Å². The summed E-state index contributed by atoms with van der Waals surface area (Å²) >= 11 is 0. The Morgan fingerprint density at radius 2 is 1.93 bits per heavy atom. The molecule has 9 nitrogen and oxygen atoms in total. The summed E-state index contributed by atoms with van der Waals surface area (Å²) in [6, 6.07) is 9.39. The third-order valence-electron chi connectivity index (χ3n) is 6.27. The molecule has 0 amide bonds. The fourth-order valence-corrected chi connectivity index (χ4v) is 6.23. The number of anilines is 1. The molecule has 0 spiro atoms. The Bertz CT molecular complexity index is 1240. The normalized spacial score (nSPS) is 25.6. The minimum absolute atomic E-state index is 0.0351. The maximum absolute atomic E-state index is 13.1. The Balaban J connectivity index is 1.62. The molecule has 2 aliphatic rings. The van der Waals surface area contributed by atoms with E-state index in [1.807, 2.05) is 0 Å². The number of aliphatic hydroxyl groups is 1. The summed E-state index contributed by atoms with van der Waals surface area (Å²) < 4.78 is 27.2. The first-order valence-corrected chi connectivity index (χ1v) is 11.2. The van der Waals surface area contributed by atoms with E-state index in [1.54, 1.807) is 18.2 Å². The molecule has 2 heterocycles. The van der Waals surface area contributed by atoms with Crippen LogP contribution in [0.3, 0.4) is 0 Å². The van der Waals surface area contributed by atoms with Crippen LogP contribution in [0.2, 0.25) is 0 Å².